The van der Waals surface area contributed by atoms with Crippen molar-refractivity contribution in [2.24, 2.45) is 0 Å². The standard InChI is InChI=1S/C20H22N2O3/c1-12-16(18(23)25-20(2,3)4)17(22-19(24)21-12)15-11-7-9-13-8-5-6-10-14(13)15/h5-11,17H,1-4H3,(H2,21,22,24)/t17-/m1/s1. The molecule has 1 aliphatic heterocycles. The number of hydrogen-bond acceptors (Lipinski definition) is 3. The quantitative estimate of drug-likeness (QED) is 0.818. The number of carbonyl (C=O) groups excluding carboxylic acids is 2. The predicted molar refractivity (Wildman–Crippen MR) is 96.9 cm³/mol. The third-order valence-electron chi connectivity index (χ3n) is 4.02. The van der Waals surface area contributed by atoms with E-state index in [2.05, 4.69) is 10.6 Å². The fraction of sp³-hybridized carbons (Fsp3) is 0.300. The Morgan fingerprint density at radius 3 is 2.48 bits per heavy atom. The highest BCUT2D eigenvalue weighted by Crippen LogP contribution is 2.33. The van der Waals surface area contributed by atoms with Gasteiger partial charge in [0.1, 0.15) is 5.60 Å². The topological polar surface area (TPSA) is 67.4 Å². The van der Waals surface area contributed by atoms with Crippen molar-refractivity contribution in [1.82, 2.24) is 10.6 Å². The highest BCUT2D eigenvalue weighted by molar-refractivity contribution is 5.97. The fourth-order valence-electron chi connectivity index (χ4n) is 3.03. The Morgan fingerprint density at radius 1 is 1.08 bits per heavy atom. The molecule has 1 heterocycles. The molecule has 1 atom stereocenters. The number of rotatable bonds is 2. The van der Waals surface area contributed by atoms with Crippen molar-refractivity contribution in [1.29, 1.82) is 0 Å². The highest BCUT2D eigenvalue weighted by atomic mass is 16.6. The molecule has 25 heavy (non-hydrogen) atoms. The third-order valence-corrected chi connectivity index (χ3v) is 4.02. The molecule has 2 N–H and O–H groups in total. The summed E-state index contributed by atoms with van der Waals surface area (Å²) in [5.41, 5.74) is 1.18. The molecular weight excluding hydrogens is 316 g/mol. The molecule has 0 saturated heterocycles. The van der Waals surface area contributed by atoms with E-state index in [9.17, 15) is 9.59 Å². The maximum atomic E-state index is 12.8. The average molecular weight is 338 g/mol. The zero-order chi connectivity index (χ0) is 18.2. The van der Waals surface area contributed by atoms with E-state index in [1.807, 2.05) is 63.2 Å². The van der Waals surface area contributed by atoms with Crippen LogP contribution >= 0.6 is 0 Å². The number of urea groups is 1. The van der Waals surface area contributed by atoms with E-state index in [1.165, 1.54) is 0 Å². The van der Waals surface area contributed by atoms with Gasteiger partial charge in [-0.05, 0) is 44.0 Å². The Morgan fingerprint density at radius 2 is 1.76 bits per heavy atom. The molecular formula is C20H22N2O3. The number of carbonyl (C=O) groups is 2. The Balaban J connectivity index is 2.12. The van der Waals surface area contributed by atoms with Gasteiger partial charge in [0.05, 0.1) is 11.6 Å². The van der Waals surface area contributed by atoms with Crippen LogP contribution in [-0.2, 0) is 9.53 Å². The molecule has 0 bridgehead atoms. The summed E-state index contributed by atoms with van der Waals surface area (Å²) in [5.74, 6) is -0.435. The number of amides is 2. The number of esters is 1. The molecule has 0 fully saturated rings. The third kappa shape index (κ3) is 3.50. The average Bonchev–Trinajstić information content (AvgIpc) is 2.51. The summed E-state index contributed by atoms with van der Waals surface area (Å²) in [7, 11) is 0. The molecule has 2 aromatic rings. The van der Waals surface area contributed by atoms with Gasteiger partial charge in [0.2, 0.25) is 0 Å². The van der Waals surface area contributed by atoms with Crippen LogP contribution in [0.1, 0.15) is 39.3 Å². The lowest BCUT2D eigenvalue weighted by Gasteiger charge is -2.30. The van der Waals surface area contributed by atoms with Gasteiger partial charge in [-0.25, -0.2) is 9.59 Å². The molecule has 0 radical (unpaired) electrons. The summed E-state index contributed by atoms with van der Waals surface area (Å²) >= 11 is 0. The molecule has 0 aliphatic carbocycles. The molecule has 5 heteroatoms. The van der Waals surface area contributed by atoms with Crippen LogP contribution in [0.2, 0.25) is 0 Å². The van der Waals surface area contributed by atoms with Crippen molar-refractivity contribution >= 4 is 22.8 Å². The lowest BCUT2D eigenvalue weighted by Crippen LogP contribution is -2.46. The van der Waals surface area contributed by atoms with E-state index >= 15 is 0 Å². The van der Waals surface area contributed by atoms with Crippen molar-refractivity contribution in [3.63, 3.8) is 0 Å². The van der Waals surface area contributed by atoms with Crippen molar-refractivity contribution < 1.29 is 14.3 Å². The SMILES string of the molecule is CC1=C(C(=O)OC(C)(C)C)[C@@H](c2cccc3ccccc23)NC(=O)N1. The van der Waals surface area contributed by atoms with Crippen LogP contribution in [0.25, 0.3) is 10.8 Å². The van der Waals surface area contributed by atoms with E-state index in [-0.39, 0.29) is 6.03 Å². The fourth-order valence-corrected chi connectivity index (χ4v) is 3.03. The Bertz CT molecular complexity index is 873. The molecule has 2 aromatic carbocycles. The van der Waals surface area contributed by atoms with Crippen LogP contribution < -0.4 is 10.6 Å². The van der Waals surface area contributed by atoms with Gasteiger partial charge >= 0.3 is 12.0 Å². The first-order valence-corrected chi connectivity index (χ1v) is 8.25. The summed E-state index contributed by atoms with van der Waals surface area (Å²) in [6, 6.07) is 12.9. The molecule has 5 nitrogen and oxygen atoms in total. The van der Waals surface area contributed by atoms with Gasteiger partial charge in [0, 0.05) is 5.70 Å². The van der Waals surface area contributed by atoms with E-state index < -0.39 is 17.6 Å². The summed E-state index contributed by atoms with van der Waals surface area (Å²) in [5, 5.41) is 7.58. The number of fused-ring (bicyclic) bond motifs is 1. The maximum Gasteiger partial charge on any atom is 0.338 e. The van der Waals surface area contributed by atoms with Gasteiger partial charge in [0.25, 0.3) is 0 Å². The number of nitrogens with one attached hydrogen (secondary N) is 2. The normalized spacial score (nSPS) is 17.9. The molecule has 0 spiro atoms. The van der Waals surface area contributed by atoms with Crippen LogP contribution in [0, 0.1) is 0 Å². The smallest absolute Gasteiger partial charge is 0.338 e. The van der Waals surface area contributed by atoms with Crippen LogP contribution in [-0.4, -0.2) is 17.6 Å². The van der Waals surface area contributed by atoms with E-state index in [1.54, 1.807) is 6.92 Å². The molecule has 130 valence electrons. The first kappa shape index (κ1) is 17.0. The van der Waals surface area contributed by atoms with Gasteiger partial charge in [0.15, 0.2) is 0 Å². The highest BCUT2D eigenvalue weighted by Gasteiger charge is 2.34. The zero-order valence-corrected chi connectivity index (χ0v) is 14.8. The summed E-state index contributed by atoms with van der Waals surface area (Å²) in [6.45, 7) is 7.18. The Labute approximate surface area is 147 Å². The predicted octanol–water partition coefficient (Wildman–Crippen LogP) is 3.81. The van der Waals surface area contributed by atoms with Crippen molar-refractivity contribution in [3.05, 3.63) is 59.3 Å². The lowest BCUT2D eigenvalue weighted by molar-refractivity contribution is -0.150. The second-order valence-electron chi connectivity index (χ2n) is 7.14. The van der Waals surface area contributed by atoms with Crippen molar-refractivity contribution in [3.8, 4) is 0 Å². The van der Waals surface area contributed by atoms with Crippen LogP contribution in [0.3, 0.4) is 0 Å². The van der Waals surface area contributed by atoms with Gasteiger partial charge in [-0.15, -0.1) is 0 Å². The zero-order valence-electron chi connectivity index (χ0n) is 14.8. The molecule has 0 aromatic heterocycles. The molecule has 1 aliphatic rings. The first-order chi connectivity index (χ1) is 11.8. The summed E-state index contributed by atoms with van der Waals surface area (Å²) in [4.78, 5) is 24.8. The molecule has 3 rings (SSSR count). The van der Waals surface area contributed by atoms with Gasteiger partial charge in [-0.3, -0.25) is 0 Å². The second-order valence-corrected chi connectivity index (χ2v) is 7.14. The van der Waals surface area contributed by atoms with Crippen molar-refractivity contribution in [2.75, 3.05) is 0 Å². The summed E-state index contributed by atoms with van der Waals surface area (Å²) in [6.07, 6.45) is 0. The van der Waals surface area contributed by atoms with Crippen LogP contribution in [0.15, 0.2) is 53.7 Å². The molecule has 0 saturated carbocycles. The minimum atomic E-state index is -0.616. The van der Waals surface area contributed by atoms with Gasteiger partial charge in [-0.2, -0.15) is 0 Å². The van der Waals surface area contributed by atoms with Crippen LogP contribution in [0.5, 0.6) is 0 Å². The Hall–Kier alpha value is -2.82. The molecule has 0 unspecified atom stereocenters. The minimum Gasteiger partial charge on any atom is -0.456 e. The number of ether oxygens (including phenoxy) is 1. The largest absolute Gasteiger partial charge is 0.456 e. The van der Waals surface area contributed by atoms with Gasteiger partial charge in [-0.1, -0.05) is 42.5 Å². The molecule has 2 amide bonds. The van der Waals surface area contributed by atoms with E-state index in [0.717, 1.165) is 16.3 Å². The minimum absolute atomic E-state index is 0.331. The second kappa shape index (κ2) is 6.24. The lowest BCUT2D eigenvalue weighted by atomic mass is 9.91. The van der Waals surface area contributed by atoms with Crippen molar-refractivity contribution in [2.45, 2.75) is 39.3 Å². The summed E-state index contributed by atoms with van der Waals surface area (Å²) < 4.78 is 5.56. The van der Waals surface area contributed by atoms with E-state index in [4.69, 9.17) is 4.74 Å². The number of allylic oxidation sites excluding steroid dienone is 1. The Kier molecular flexibility index (Phi) is 4.25. The van der Waals surface area contributed by atoms with Gasteiger partial charge < -0.3 is 15.4 Å². The maximum absolute atomic E-state index is 12.8. The first-order valence-electron chi connectivity index (χ1n) is 8.25. The van der Waals surface area contributed by atoms with E-state index in [0.29, 0.717) is 11.3 Å². The van der Waals surface area contributed by atoms with Crippen LogP contribution in [0.4, 0.5) is 4.79 Å². The monoisotopic (exact) mass is 338 g/mol. The number of hydrogen-bond donors (Lipinski definition) is 2. The number of benzene rings is 2.